The molecule has 1 aliphatic rings. The number of halogens is 5. The van der Waals surface area contributed by atoms with Crippen LogP contribution in [0.3, 0.4) is 0 Å². The molecule has 2 atom stereocenters. The maximum atomic E-state index is 12.9. The number of rotatable bonds is 5. The second-order valence-electron chi connectivity index (χ2n) is 5.97. The Morgan fingerprint density at radius 3 is 2.30 bits per heavy atom. The number of nitrogens with one attached hydrogen (secondary N) is 1. The largest absolute Gasteiger partial charge is 0.455 e. The van der Waals surface area contributed by atoms with Gasteiger partial charge >= 0.3 is 12.1 Å². The van der Waals surface area contributed by atoms with Gasteiger partial charge in [0.2, 0.25) is 0 Å². The Kier molecular flexibility index (Phi) is 5.40. The van der Waals surface area contributed by atoms with Crippen LogP contribution in [0.25, 0.3) is 0 Å². The van der Waals surface area contributed by atoms with E-state index in [4.69, 9.17) is 4.74 Å². The van der Waals surface area contributed by atoms with E-state index in [-0.39, 0.29) is 11.5 Å². The fourth-order valence-electron chi connectivity index (χ4n) is 2.69. The smallest absolute Gasteiger partial charge is 0.370 e. The molecule has 1 fully saturated rings. The lowest BCUT2D eigenvalue weighted by Gasteiger charge is -2.44. The highest BCUT2D eigenvalue weighted by Crippen LogP contribution is 2.39. The summed E-state index contributed by atoms with van der Waals surface area (Å²) >= 11 is 0. The third kappa shape index (κ3) is 4.04. The molecule has 2 nitrogen and oxygen atoms in total. The van der Waals surface area contributed by atoms with Crippen molar-refractivity contribution in [3.63, 3.8) is 0 Å². The maximum absolute atomic E-state index is 12.9. The molecule has 0 bridgehead atoms. The van der Waals surface area contributed by atoms with Crippen LogP contribution in [0.15, 0.2) is 0 Å². The topological polar surface area (TPSA) is 21.3 Å². The van der Waals surface area contributed by atoms with Crippen molar-refractivity contribution in [2.45, 2.75) is 64.3 Å². The van der Waals surface area contributed by atoms with Gasteiger partial charge in [-0.1, -0.05) is 27.2 Å². The Bertz CT molecular complexity index is 316. The SMILES string of the molecule is CCNC1C(OCC(F)(F)C(F)(F)F)CCCC1(C)C. The van der Waals surface area contributed by atoms with Crippen molar-refractivity contribution in [2.75, 3.05) is 13.2 Å². The lowest BCUT2D eigenvalue weighted by molar-refractivity contribution is -0.301. The molecule has 2 unspecified atom stereocenters. The van der Waals surface area contributed by atoms with E-state index in [1.807, 2.05) is 20.8 Å². The highest BCUT2D eigenvalue weighted by molar-refractivity contribution is 4.94. The molecular formula is C13H22F5NO. The maximum Gasteiger partial charge on any atom is 0.455 e. The molecule has 7 heteroatoms. The minimum atomic E-state index is -5.56. The summed E-state index contributed by atoms with van der Waals surface area (Å²) in [6, 6.07) is -0.217. The molecule has 1 rings (SSSR count). The number of alkyl halides is 5. The van der Waals surface area contributed by atoms with Crippen molar-refractivity contribution in [1.82, 2.24) is 5.32 Å². The average molecular weight is 303 g/mol. The van der Waals surface area contributed by atoms with Crippen LogP contribution >= 0.6 is 0 Å². The minimum Gasteiger partial charge on any atom is -0.370 e. The first kappa shape index (κ1) is 17.6. The normalized spacial score (nSPS) is 27.6. The summed E-state index contributed by atoms with van der Waals surface area (Å²) in [5, 5.41) is 3.15. The van der Waals surface area contributed by atoms with E-state index >= 15 is 0 Å². The van der Waals surface area contributed by atoms with E-state index in [1.165, 1.54) is 0 Å². The quantitative estimate of drug-likeness (QED) is 0.781. The molecule has 0 aromatic heterocycles. The van der Waals surface area contributed by atoms with Crippen LogP contribution in [0.2, 0.25) is 0 Å². The van der Waals surface area contributed by atoms with Crippen LogP contribution in [0.1, 0.15) is 40.0 Å². The Morgan fingerprint density at radius 1 is 1.20 bits per heavy atom. The summed E-state index contributed by atoms with van der Waals surface area (Å²) in [7, 11) is 0. The summed E-state index contributed by atoms with van der Waals surface area (Å²) in [6.07, 6.45) is -4.04. The van der Waals surface area contributed by atoms with E-state index in [0.29, 0.717) is 13.0 Å². The lowest BCUT2D eigenvalue weighted by Crippen LogP contribution is -2.54. The van der Waals surface area contributed by atoms with Gasteiger partial charge in [-0.2, -0.15) is 22.0 Å². The monoisotopic (exact) mass is 303 g/mol. The molecule has 120 valence electrons. The molecule has 1 N–H and O–H groups in total. The summed E-state index contributed by atoms with van der Waals surface area (Å²) < 4.78 is 67.2. The second-order valence-corrected chi connectivity index (χ2v) is 5.97. The first-order chi connectivity index (χ1) is 9.01. The van der Waals surface area contributed by atoms with Crippen molar-refractivity contribution in [2.24, 2.45) is 5.41 Å². The van der Waals surface area contributed by atoms with Crippen molar-refractivity contribution in [3.8, 4) is 0 Å². The number of ether oxygens (including phenoxy) is 1. The Balaban J connectivity index is 2.70. The summed E-state index contributed by atoms with van der Waals surface area (Å²) in [6.45, 7) is 4.81. The minimum absolute atomic E-state index is 0.188. The van der Waals surface area contributed by atoms with Crippen molar-refractivity contribution in [3.05, 3.63) is 0 Å². The van der Waals surface area contributed by atoms with Crippen molar-refractivity contribution in [1.29, 1.82) is 0 Å². The van der Waals surface area contributed by atoms with Gasteiger partial charge in [0, 0.05) is 6.04 Å². The molecule has 0 saturated heterocycles. The fourth-order valence-corrected chi connectivity index (χ4v) is 2.69. The molecule has 0 aromatic rings. The molecule has 0 heterocycles. The predicted molar refractivity (Wildman–Crippen MR) is 65.8 cm³/mol. The van der Waals surface area contributed by atoms with E-state index in [0.717, 1.165) is 12.8 Å². The second kappa shape index (κ2) is 6.13. The zero-order chi connectivity index (χ0) is 15.6. The third-order valence-electron chi connectivity index (χ3n) is 3.84. The van der Waals surface area contributed by atoms with E-state index in [2.05, 4.69) is 5.32 Å². The van der Waals surface area contributed by atoms with Gasteiger partial charge in [0.05, 0.1) is 6.10 Å². The van der Waals surface area contributed by atoms with Crippen LogP contribution in [0.4, 0.5) is 22.0 Å². The van der Waals surface area contributed by atoms with Gasteiger partial charge < -0.3 is 10.1 Å². The van der Waals surface area contributed by atoms with Gasteiger partial charge in [-0.05, 0) is 24.8 Å². The fraction of sp³-hybridized carbons (Fsp3) is 1.00. The number of likely N-dealkylation sites (N-methyl/N-ethyl adjacent to an activating group) is 1. The zero-order valence-corrected chi connectivity index (χ0v) is 12.0. The zero-order valence-electron chi connectivity index (χ0n) is 12.0. The van der Waals surface area contributed by atoms with Crippen LogP contribution in [-0.4, -0.2) is 37.4 Å². The Hall–Kier alpha value is -0.430. The van der Waals surface area contributed by atoms with Gasteiger partial charge in [0.1, 0.15) is 6.61 Å². The lowest BCUT2D eigenvalue weighted by atomic mass is 9.71. The highest BCUT2D eigenvalue weighted by atomic mass is 19.4. The number of hydrogen-bond acceptors (Lipinski definition) is 2. The van der Waals surface area contributed by atoms with E-state index in [9.17, 15) is 22.0 Å². The summed E-state index contributed by atoms with van der Waals surface area (Å²) in [5.41, 5.74) is -0.188. The molecule has 20 heavy (non-hydrogen) atoms. The van der Waals surface area contributed by atoms with Gasteiger partial charge in [-0.15, -0.1) is 0 Å². The van der Waals surface area contributed by atoms with Crippen LogP contribution in [-0.2, 0) is 4.74 Å². The summed E-state index contributed by atoms with van der Waals surface area (Å²) in [4.78, 5) is 0. The van der Waals surface area contributed by atoms with E-state index in [1.54, 1.807) is 0 Å². The summed E-state index contributed by atoms with van der Waals surface area (Å²) in [5.74, 6) is -4.80. The number of hydrogen-bond donors (Lipinski definition) is 1. The molecule has 1 aliphatic carbocycles. The van der Waals surface area contributed by atoms with Gasteiger partial charge in [-0.3, -0.25) is 0 Å². The van der Waals surface area contributed by atoms with E-state index < -0.39 is 24.8 Å². The standard InChI is InChI=1S/C13H22F5NO/c1-4-19-10-9(6-5-7-11(10,2)3)20-8-12(14,15)13(16,17)18/h9-10,19H,4-8H2,1-3H3. The highest BCUT2D eigenvalue weighted by Gasteiger charge is 2.58. The molecule has 0 amide bonds. The van der Waals surface area contributed by atoms with Crippen LogP contribution in [0.5, 0.6) is 0 Å². The Labute approximate surface area is 116 Å². The first-order valence-corrected chi connectivity index (χ1v) is 6.81. The molecule has 1 saturated carbocycles. The molecule has 0 aliphatic heterocycles. The third-order valence-corrected chi connectivity index (χ3v) is 3.84. The van der Waals surface area contributed by atoms with Gasteiger partial charge in [0.15, 0.2) is 0 Å². The van der Waals surface area contributed by atoms with Gasteiger partial charge in [-0.25, -0.2) is 0 Å². The van der Waals surface area contributed by atoms with Crippen molar-refractivity contribution >= 4 is 0 Å². The van der Waals surface area contributed by atoms with Crippen LogP contribution in [0, 0.1) is 5.41 Å². The molecule has 0 radical (unpaired) electrons. The van der Waals surface area contributed by atoms with Crippen LogP contribution < -0.4 is 5.32 Å². The van der Waals surface area contributed by atoms with Crippen molar-refractivity contribution < 1.29 is 26.7 Å². The Morgan fingerprint density at radius 2 is 1.80 bits per heavy atom. The molecule has 0 aromatic carbocycles. The average Bonchev–Trinajstić information content (AvgIpc) is 2.28. The first-order valence-electron chi connectivity index (χ1n) is 6.81. The predicted octanol–water partition coefficient (Wildman–Crippen LogP) is 3.76. The molecule has 0 spiro atoms. The molecular weight excluding hydrogens is 281 g/mol. The van der Waals surface area contributed by atoms with Gasteiger partial charge in [0.25, 0.3) is 0 Å².